The minimum atomic E-state index is -0.770. The number of hydrogen-bond acceptors (Lipinski definition) is 4. The van der Waals surface area contributed by atoms with Crippen LogP contribution in [0, 0.1) is 17.0 Å². The number of amides is 1. The highest BCUT2D eigenvalue weighted by Crippen LogP contribution is 2.28. The van der Waals surface area contributed by atoms with E-state index in [1.54, 1.807) is 19.9 Å². The van der Waals surface area contributed by atoms with Gasteiger partial charge in [-0.05, 0) is 31.9 Å². The van der Waals surface area contributed by atoms with Gasteiger partial charge < -0.3 is 10.1 Å². The summed E-state index contributed by atoms with van der Waals surface area (Å²) in [6.07, 6.45) is 0.0521. The largest absolute Gasteiger partial charge is 0.474 e. The number of carbonyl (C=O) groups is 1. The molecule has 1 rings (SSSR count). The van der Waals surface area contributed by atoms with Crippen molar-refractivity contribution in [3.63, 3.8) is 0 Å². The molecule has 0 unspecified atom stereocenters. The van der Waals surface area contributed by atoms with Crippen molar-refractivity contribution in [2.75, 3.05) is 6.54 Å². The van der Waals surface area contributed by atoms with Gasteiger partial charge in [-0.1, -0.05) is 13.0 Å². The molecule has 0 aromatic heterocycles. The van der Waals surface area contributed by atoms with Crippen LogP contribution in [0.3, 0.4) is 0 Å². The zero-order valence-corrected chi connectivity index (χ0v) is 11.3. The van der Waals surface area contributed by atoms with Gasteiger partial charge in [0, 0.05) is 12.6 Å². The summed E-state index contributed by atoms with van der Waals surface area (Å²) in [4.78, 5) is 22.1. The Hall–Kier alpha value is -2.11. The monoisotopic (exact) mass is 266 g/mol. The van der Waals surface area contributed by atoms with Gasteiger partial charge in [-0.25, -0.2) is 0 Å². The minimum Gasteiger partial charge on any atom is -0.474 e. The second kappa shape index (κ2) is 6.72. The fourth-order valence-corrected chi connectivity index (χ4v) is 1.51. The summed E-state index contributed by atoms with van der Waals surface area (Å²) in [6, 6.07) is 4.64. The first-order valence-corrected chi connectivity index (χ1v) is 6.15. The highest BCUT2D eigenvalue weighted by atomic mass is 16.6. The Morgan fingerprint density at radius 3 is 2.79 bits per heavy atom. The van der Waals surface area contributed by atoms with E-state index >= 15 is 0 Å². The first-order chi connectivity index (χ1) is 8.95. The zero-order chi connectivity index (χ0) is 14.4. The number of rotatable bonds is 6. The SMILES string of the molecule is CCCNC(=O)[C@H](C)Oc1ccc(C)cc1[N+](=O)[O-]. The Balaban J connectivity index is 2.81. The molecule has 0 bridgehead atoms. The maximum absolute atomic E-state index is 11.6. The van der Waals surface area contributed by atoms with Crippen LogP contribution in [0.1, 0.15) is 25.8 Å². The molecule has 0 aliphatic rings. The molecule has 0 fully saturated rings. The fourth-order valence-electron chi connectivity index (χ4n) is 1.51. The lowest BCUT2D eigenvalue weighted by Crippen LogP contribution is -2.36. The minimum absolute atomic E-state index is 0.106. The van der Waals surface area contributed by atoms with Gasteiger partial charge in [0.1, 0.15) is 0 Å². The molecule has 0 radical (unpaired) electrons. The van der Waals surface area contributed by atoms with E-state index in [0.717, 1.165) is 12.0 Å². The molecule has 1 N–H and O–H groups in total. The molecule has 1 atom stereocenters. The van der Waals surface area contributed by atoms with Crippen LogP contribution >= 0.6 is 0 Å². The Kier molecular flexibility index (Phi) is 5.29. The van der Waals surface area contributed by atoms with E-state index < -0.39 is 11.0 Å². The number of hydrogen-bond donors (Lipinski definition) is 1. The van der Waals surface area contributed by atoms with Crippen molar-refractivity contribution in [3.05, 3.63) is 33.9 Å². The van der Waals surface area contributed by atoms with Crippen molar-refractivity contribution in [3.8, 4) is 5.75 Å². The number of nitro groups is 1. The number of nitrogens with zero attached hydrogens (tertiary/aromatic N) is 1. The maximum Gasteiger partial charge on any atom is 0.311 e. The number of carbonyl (C=O) groups excluding carboxylic acids is 1. The average Bonchev–Trinajstić information content (AvgIpc) is 2.37. The standard InChI is InChI=1S/C13H18N2O4/c1-4-7-14-13(16)10(3)19-12-6-5-9(2)8-11(12)15(17)18/h5-6,8,10H,4,7H2,1-3H3,(H,14,16)/t10-/m0/s1. The van der Waals surface area contributed by atoms with Gasteiger partial charge >= 0.3 is 5.69 Å². The number of nitro benzene ring substituents is 1. The maximum atomic E-state index is 11.6. The molecule has 0 spiro atoms. The lowest BCUT2D eigenvalue weighted by molar-refractivity contribution is -0.386. The summed E-state index contributed by atoms with van der Waals surface area (Å²) in [5.41, 5.74) is 0.636. The van der Waals surface area contributed by atoms with Crippen LogP contribution in [-0.4, -0.2) is 23.5 Å². The molecule has 0 aliphatic heterocycles. The van der Waals surface area contributed by atoms with Crippen LogP contribution < -0.4 is 10.1 Å². The molecule has 6 heteroatoms. The molecule has 1 aromatic carbocycles. The lowest BCUT2D eigenvalue weighted by Gasteiger charge is -2.14. The first-order valence-electron chi connectivity index (χ1n) is 6.15. The molecule has 0 aliphatic carbocycles. The van der Waals surface area contributed by atoms with E-state index in [-0.39, 0.29) is 17.3 Å². The van der Waals surface area contributed by atoms with E-state index in [4.69, 9.17) is 4.74 Å². The molecule has 0 saturated carbocycles. The Morgan fingerprint density at radius 1 is 1.53 bits per heavy atom. The number of nitrogens with one attached hydrogen (secondary N) is 1. The average molecular weight is 266 g/mol. The van der Waals surface area contributed by atoms with Crippen LogP contribution in [0.15, 0.2) is 18.2 Å². The molecule has 104 valence electrons. The third-order valence-electron chi connectivity index (χ3n) is 2.53. The molecule has 1 amide bonds. The smallest absolute Gasteiger partial charge is 0.311 e. The van der Waals surface area contributed by atoms with Crippen molar-refractivity contribution in [2.45, 2.75) is 33.3 Å². The summed E-state index contributed by atoms with van der Waals surface area (Å²) in [5.74, 6) is -0.175. The number of aryl methyl sites for hydroxylation is 1. The van der Waals surface area contributed by atoms with E-state index in [9.17, 15) is 14.9 Å². The van der Waals surface area contributed by atoms with E-state index in [0.29, 0.717) is 6.54 Å². The predicted molar refractivity (Wildman–Crippen MR) is 71.2 cm³/mol. The first kappa shape index (κ1) is 14.9. The zero-order valence-electron chi connectivity index (χ0n) is 11.3. The normalized spacial score (nSPS) is 11.7. The molecular formula is C13H18N2O4. The molecule has 1 aromatic rings. The van der Waals surface area contributed by atoms with Crippen molar-refractivity contribution < 1.29 is 14.5 Å². The lowest BCUT2D eigenvalue weighted by atomic mass is 10.2. The van der Waals surface area contributed by atoms with Crippen LogP contribution in [-0.2, 0) is 4.79 Å². The molecule has 19 heavy (non-hydrogen) atoms. The molecule has 0 saturated heterocycles. The molecule has 0 heterocycles. The Bertz CT molecular complexity index is 474. The fraction of sp³-hybridized carbons (Fsp3) is 0.462. The van der Waals surface area contributed by atoms with E-state index in [1.807, 2.05) is 6.92 Å². The topological polar surface area (TPSA) is 81.5 Å². The van der Waals surface area contributed by atoms with Gasteiger partial charge in [-0.15, -0.1) is 0 Å². The van der Waals surface area contributed by atoms with Crippen LogP contribution in [0.5, 0.6) is 5.75 Å². The van der Waals surface area contributed by atoms with Crippen LogP contribution in [0.4, 0.5) is 5.69 Å². The van der Waals surface area contributed by atoms with Gasteiger partial charge in [-0.3, -0.25) is 14.9 Å². The number of benzene rings is 1. The van der Waals surface area contributed by atoms with Gasteiger partial charge in [0.25, 0.3) is 5.91 Å². The summed E-state index contributed by atoms with van der Waals surface area (Å²) >= 11 is 0. The Morgan fingerprint density at radius 2 is 2.21 bits per heavy atom. The highest BCUT2D eigenvalue weighted by Gasteiger charge is 2.20. The highest BCUT2D eigenvalue weighted by molar-refractivity contribution is 5.80. The van der Waals surface area contributed by atoms with Crippen LogP contribution in [0.25, 0.3) is 0 Å². The van der Waals surface area contributed by atoms with Crippen LogP contribution in [0.2, 0.25) is 0 Å². The van der Waals surface area contributed by atoms with Gasteiger partial charge in [-0.2, -0.15) is 0 Å². The third-order valence-corrected chi connectivity index (χ3v) is 2.53. The predicted octanol–water partition coefficient (Wildman–Crippen LogP) is 2.20. The van der Waals surface area contributed by atoms with E-state index in [2.05, 4.69) is 5.32 Å². The van der Waals surface area contributed by atoms with Gasteiger partial charge in [0.15, 0.2) is 11.9 Å². The Labute approximate surface area is 111 Å². The quantitative estimate of drug-likeness (QED) is 0.632. The van der Waals surface area contributed by atoms with Crippen molar-refractivity contribution in [1.82, 2.24) is 5.32 Å². The summed E-state index contributed by atoms with van der Waals surface area (Å²) < 4.78 is 5.37. The number of ether oxygens (including phenoxy) is 1. The third kappa shape index (κ3) is 4.24. The van der Waals surface area contributed by atoms with Crippen molar-refractivity contribution >= 4 is 11.6 Å². The molecular weight excluding hydrogens is 248 g/mol. The summed E-state index contributed by atoms with van der Waals surface area (Å²) in [7, 11) is 0. The van der Waals surface area contributed by atoms with Crippen molar-refractivity contribution in [1.29, 1.82) is 0 Å². The molecule has 6 nitrogen and oxygen atoms in total. The van der Waals surface area contributed by atoms with Crippen molar-refractivity contribution in [2.24, 2.45) is 0 Å². The summed E-state index contributed by atoms with van der Waals surface area (Å²) in [5, 5.41) is 13.6. The van der Waals surface area contributed by atoms with E-state index in [1.165, 1.54) is 12.1 Å². The van der Waals surface area contributed by atoms with Gasteiger partial charge in [0.05, 0.1) is 4.92 Å². The summed E-state index contributed by atoms with van der Waals surface area (Å²) in [6.45, 7) is 5.82. The second-order valence-electron chi connectivity index (χ2n) is 4.28. The second-order valence-corrected chi connectivity index (χ2v) is 4.28. The van der Waals surface area contributed by atoms with Gasteiger partial charge in [0.2, 0.25) is 0 Å².